The number of fused-ring (bicyclic) bond motifs is 1. The number of anilines is 1. The molecule has 19 heavy (non-hydrogen) atoms. The molecule has 0 saturated carbocycles. The second-order valence-electron chi connectivity index (χ2n) is 4.01. The number of nitrogens with zero attached hydrogens (tertiary/aromatic N) is 1. The Hall–Kier alpha value is -1.43. The summed E-state index contributed by atoms with van der Waals surface area (Å²) in [6.07, 6.45) is 0. The van der Waals surface area contributed by atoms with Gasteiger partial charge in [-0.15, -0.1) is 22.7 Å². The molecule has 0 radical (unpaired) electrons. The normalized spacial score (nSPS) is 10.8. The van der Waals surface area contributed by atoms with Gasteiger partial charge in [0.1, 0.15) is 4.83 Å². The summed E-state index contributed by atoms with van der Waals surface area (Å²) in [6.45, 7) is 2.03. The highest BCUT2D eigenvalue weighted by Gasteiger charge is 2.14. The molecule has 0 fully saturated rings. The van der Waals surface area contributed by atoms with E-state index >= 15 is 0 Å². The molecular formula is C13H9ClN2OS2. The number of benzene rings is 1. The number of aromatic nitrogens is 1. The van der Waals surface area contributed by atoms with E-state index in [2.05, 4.69) is 16.4 Å². The van der Waals surface area contributed by atoms with Gasteiger partial charge in [-0.3, -0.25) is 4.79 Å². The molecule has 0 saturated heterocycles. The zero-order chi connectivity index (χ0) is 13.4. The summed E-state index contributed by atoms with van der Waals surface area (Å²) in [5.74, 6) is -0.187. The fourth-order valence-corrected chi connectivity index (χ4v) is 3.81. The fraction of sp³-hybridized carbons (Fsp3) is 0.0769. The van der Waals surface area contributed by atoms with E-state index in [1.807, 2.05) is 6.92 Å². The topological polar surface area (TPSA) is 42.0 Å². The molecule has 3 nitrogen and oxygen atoms in total. The second-order valence-corrected chi connectivity index (χ2v) is 6.71. The Labute approximate surface area is 122 Å². The highest BCUT2D eigenvalue weighted by molar-refractivity contribution is 7.27. The van der Waals surface area contributed by atoms with Crippen LogP contribution in [-0.4, -0.2) is 10.9 Å². The first-order chi connectivity index (χ1) is 9.11. The Balaban J connectivity index is 1.83. The van der Waals surface area contributed by atoms with Crippen LogP contribution in [-0.2, 0) is 0 Å². The Bertz CT molecular complexity index is 714. The smallest absolute Gasteiger partial charge is 0.284 e. The van der Waals surface area contributed by atoms with Crippen LogP contribution in [0.15, 0.2) is 30.3 Å². The van der Waals surface area contributed by atoms with Gasteiger partial charge in [-0.25, -0.2) is 4.98 Å². The maximum Gasteiger partial charge on any atom is 0.284 e. The minimum absolute atomic E-state index is 0.187. The minimum atomic E-state index is -0.187. The molecule has 96 valence electrons. The van der Waals surface area contributed by atoms with Gasteiger partial charge in [-0.1, -0.05) is 11.6 Å². The van der Waals surface area contributed by atoms with Crippen LogP contribution in [0.5, 0.6) is 0 Å². The van der Waals surface area contributed by atoms with Gasteiger partial charge in [0, 0.05) is 15.6 Å². The Morgan fingerprint density at radius 2 is 2.00 bits per heavy atom. The summed E-state index contributed by atoms with van der Waals surface area (Å²) in [5, 5.41) is 3.93. The second kappa shape index (κ2) is 4.92. The standard InChI is InChI=1S/C13H9ClN2OS2/c1-7-6-10-12(18-7)16-13(19-10)11(17)15-9-4-2-8(14)3-5-9/h2-6H,1H3,(H,15,17). The van der Waals surface area contributed by atoms with E-state index in [1.165, 1.54) is 16.2 Å². The molecule has 1 amide bonds. The van der Waals surface area contributed by atoms with E-state index in [9.17, 15) is 4.79 Å². The first kappa shape index (κ1) is 12.6. The van der Waals surface area contributed by atoms with Gasteiger partial charge < -0.3 is 5.32 Å². The summed E-state index contributed by atoms with van der Waals surface area (Å²) in [5.41, 5.74) is 0.712. The predicted octanol–water partition coefficient (Wildman–Crippen LogP) is 4.57. The first-order valence-electron chi connectivity index (χ1n) is 5.56. The molecule has 0 spiro atoms. The van der Waals surface area contributed by atoms with Crippen molar-refractivity contribution in [1.29, 1.82) is 0 Å². The maximum atomic E-state index is 12.1. The van der Waals surface area contributed by atoms with Gasteiger partial charge in [-0.2, -0.15) is 0 Å². The van der Waals surface area contributed by atoms with Crippen LogP contribution < -0.4 is 5.32 Å². The summed E-state index contributed by atoms with van der Waals surface area (Å²) in [7, 11) is 0. The Morgan fingerprint density at radius 1 is 1.26 bits per heavy atom. The lowest BCUT2D eigenvalue weighted by Crippen LogP contribution is -2.11. The van der Waals surface area contributed by atoms with E-state index in [-0.39, 0.29) is 5.91 Å². The number of hydrogen-bond acceptors (Lipinski definition) is 4. The monoisotopic (exact) mass is 308 g/mol. The van der Waals surface area contributed by atoms with Gasteiger partial charge >= 0.3 is 0 Å². The minimum Gasteiger partial charge on any atom is -0.320 e. The first-order valence-corrected chi connectivity index (χ1v) is 7.57. The molecule has 6 heteroatoms. The summed E-state index contributed by atoms with van der Waals surface area (Å²) in [4.78, 5) is 18.5. The lowest BCUT2D eigenvalue weighted by Gasteiger charge is -2.02. The third-order valence-corrected chi connectivity index (χ3v) is 4.84. The van der Waals surface area contributed by atoms with E-state index < -0.39 is 0 Å². The third kappa shape index (κ3) is 2.63. The average Bonchev–Trinajstić information content (AvgIpc) is 2.89. The number of aryl methyl sites for hydroxylation is 1. The molecule has 0 aliphatic rings. The van der Waals surface area contributed by atoms with Crippen LogP contribution in [0.2, 0.25) is 5.02 Å². The fourth-order valence-electron chi connectivity index (χ4n) is 1.66. The number of nitrogens with one attached hydrogen (secondary N) is 1. The van der Waals surface area contributed by atoms with E-state index in [1.54, 1.807) is 35.6 Å². The van der Waals surface area contributed by atoms with Gasteiger partial charge in [0.15, 0.2) is 5.01 Å². The van der Waals surface area contributed by atoms with Crippen molar-refractivity contribution in [3.63, 3.8) is 0 Å². The van der Waals surface area contributed by atoms with Gasteiger partial charge in [0.2, 0.25) is 0 Å². The highest BCUT2D eigenvalue weighted by atomic mass is 35.5. The zero-order valence-corrected chi connectivity index (χ0v) is 12.3. The average molecular weight is 309 g/mol. The molecule has 3 aromatic rings. The zero-order valence-electron chi connectivity index (χ0n) is 9.94. The summed E-state index contributed by atoms with van der Waals surface area (Å²) in [6, 6.07) is 9.05. The van der Waals surface area contributed by atoms with Crippen LogP contribution in [0.4, 0.5) is 5.69 Å². The molecule has 3 rings (SSSR count). The largest absolute Gasteiger partial charge is 0.320 e. The molecule has 0 bridgehead atoms. The van der Waals surface area contributed by atoms with Crippen molar-refractivity contribution < 1.29 is 4.79 Å². The molecule has 1 aromatic carbocycles. The van der Waals surface area contributed by atoms with Crippen LogP contribution in [0.25, 0.3) is 9.53 Å². The number of rotatable bonds is 2. The quantitative estimate of drug-likeness (QED) is 0.753. The van der Waals surface area contributed by atoms with Crippen molar-refractivity contribution in [1.82, 2.24) is 4.98 Å². The molecule has 2 heterocycles. The van der Waals surface area contributed by atoms with Crippen molar-refractivity contribution in [3.8, 4) is 0 Å². The molecule has 0 aliphatic heterocycles. The Kier molecular flexibility index (Phi) is 3.26. The summed E-state index contributed by atoms with van der Waals surface area (Å²) < 4.78 is 1.06. The van der Waals surface area contributed by atoms with E-state index in [0.717, 1.165) is 9.53 Å². The number of amides is 1. The number of carbonyl (C=O) groups excluding carboxylic acids is 1. The van der Waals surface area contributed by atoms with Gasteiger partial charge in [-0.05, 0) is 37.3 Å². The van der Waals surface area contributed by atoms with Crippen molar-refractivity contribution in [2.24, 2.45) is 0 Å². The highest BCUT2D eigenvalue weighted by Crippen LogP contribution is 2.30. The predicted molar refractivity (Wildman–Crippen MR) is 81.6 cm³/mol. The van der Waals surface area contributed by atoms with Crippen molar-refractivity contribution in [3.05, 3.63) is 45.2 Å². The van der Waals surface area contributed by atoms with Crippen LogP contribution >= 0.6 is 34.3 Å². The van der Waals surface area contributed by atoms with Gasteiger partial charge in [0.05, 0.1) is 4.70 Å². The lowest BCUT2D eigenvalue weighted by atomic mass is 10.3. The Morgan fingerprint density at radius 3 is 2.68 bits per heavy atom. The SMILES string of the molecule is Cc1cc2sc(C(=O)Nc3ccc(Cl)cc3)nc2s1. The maximum absolute atomic E-state index is 12.1. The molecule has 0 atom stereocenters. The number of thiophene rings is 1. The molecule has 1 N–H and O–H groups in total. The lowest BCUT2D eigenvalue weighted by molar-refractivity contribution is 0.102. The van der Waals surface area contributed by atoms with Crippen LogP contribution in [0.1, 0.15) is 14.7 Å². The van der Waals surface area contributed by atoms with Crippen LogP contribution in [0, 0.1) is 6.92 Å². The summed E-state index contributed by atoms with van der Waals surface area (Å²) >= 11 is 8.81. The van der Waals surface area contributed by atoms with Crippen molar-refractivity contribution in [2.45, 2.75) is 6.92 Å². The number of hydrogen-bond donors (Lipinski definition) is 1. The molecule has 0 unspecified atom stereocenters. The van der Waals surface area contributed by atoms with Crippen LogP contribution in [0.3, 0.4) is 0 Å². The van der Waals surface area contributed by atoms with E-state index in [0.29, 0.717) is 15.7 Å². The molecule has 0 aliphatic carbocycles. The van der Waals surface area contributed by atoms with Crippen molar-refractivity contribution in [2.75, 3.05) is 5.32 Å². The van der Waals surface area contributed by atoms with E-state index in [4.69, 9.17) is 11.6 Å². The number of carbonyl (C=O) groups is 1. The number of halogens is 1. The third-order valence-electron chi connectivity index (χ3n) is 2.51. The van der Waals surface area contributed by atoms with Crippen molar-refractivity contribution >= 4 is 55.4 Å². The molecule has 2 aromatic heterocycles. The number of thiazole rings is 1. The van der Waals surface area contributed by atoms with Gasteiger partial charge in [0.25, 0.3) is 5.91 Å². The molecular weight excluding hydrogens is 300 g/mol.